The largest absolute Gasteiger partial charge is 0.489 e. The Labute approximate surface area is 137 Å². The van der Waals surface area contributed by atoms with E-state index < -0.39 is 0 Å². The number of thioether (sulfide) groups is 1. The van der Waals surface area contributed by atoms with E-state index in [9.17, 15) is 0 Å². The smallest absolute Gasteiger partial charge is 0.174 e. The van der Waals surface area contributed by atoms with Crippen LogP contribution in [0.3, 0.4) is 0 Å². The fraction of sp³-hybridized carbons (Fsp3) is 0.368. The van der Waals surface area contributed by atoms with Crippen LogP contribution in [0.25, 0.3) is 0 Å². The normalized spacial score (nSPS) is 10.5. The number of benzene rings is 2. The lowest BCUT2D eigenvalue weighted by Crippen LogP contribution is -2.02. The first-order valence-electron chi connectivity index (χ1n) is 7.90. The lowest BCUT2D eigenvalue weighted by atomic mass is 10.2. The van der Waals surface area contributed by atoms with Gasteiger partial charge in [-0.05, 0) is 36.3 Å². The van der Waals surface area contributed by atoms with E-state index in [4.69, 9.17) is 9.47 Å². The molecule has 0 N–H and O–H groups in total. The van der Waals surface area contributed by atoms with Gasteiger partial charge >= 0.3 is 0 Å². The molecule has 0 atom stereocenters. The zero-order valence-electron chi connectivity index (χ0n) is 13.4. The van der Waals surface area contributed by atoms with Crippen molar-refractivity contribution in [3.05, 3.63) is 54.1 Å². The second-order valence-corrected chi connectivity index (χ2v) is 6.19. The van der Waals surface area contributed by atoms with Crippen molar-refractivity contribution in [2.75, 3.05) is 12.4 Å². The standard InChI is InChI=1S/C19H24O2S/c1-3-13-20-19-17(11-8-12-18(19)22-14-4-2)21-15-16-9-6-5-7-10-16/h5-12H,3-4,13-15H2,1-2H3. The van der Waals surface area contributed by atoms with Crippen LogP contribution < -0.4 is 9.47 Å². The zero-order chi connectivity index (χ0) is 15.6. The molecule has 0 bridgehead atoms. The van der Waals surface area contributed by atoms with Gasteiger partial charge in [-0.25, -0.2) is 0 Å². The first-order chi connectivity index (χ1) is 10.8. The molecule has 0 aliphatic heterocycles. The van der Waals surface area contributed by atoms with Crippen LogP contribution in [0.15, 0.2) is 53.4 Å². The molecule has 0 unspecified atom stereocenters. The molecular weight excluding hydrogens is 292 g/mol. The van der Waals surface area contributed by atoms with Crippen molar-refractivity contribution in [2.45, 2.75) is 38.2 Å². The quantitative estimate of drug-likeness (QED) is 0.565. The van der Waals surface area contributed by atoms with Gasteiger partial charge in [-0.3, -0.25) is 0 Å². The van der Waals surface area contributed by atoms with E-state index in [2.05, 4.69) is 32.0 Å². The third-order valence-electron chi connectivity index (χ3n) is 3.09. The van der Waals surface area contributed by atoms with Crippen LogP contribution in [-0.4, -0.2) is 12.4 Å². The van der Waals surface area contributed by atoms with Gasteiger partial charge in [-0.1, -0.05) is 50.2 Å². The van der Waals surface area contributed by atoms with E-state index in [0.29, 0.717) is 13.2 Å². The van der Waals surface area contributed by atoms with Gasteiger partial charge < -0.3 is 9.47 Å². The highest BCUT2D eigenvalue weighted by atomic mass is 32.2. The molecule has 118 valence electrons. The van der Waals surface area contributed by atoms with Gasteiger partial charge in [0.25, 0.3) is 0 Å². The molecule has 2 aromatic carbocycles. The summed E-state index contributed by atoms with van der Waals surface area (Å²) in [6.45, 7) is 5.58. The Balaban J connectivity index is 2.13. The predicted octanol–water partition coefficient (Wildman–Crippen LogP) is 5.56. The predicted molar refractivity (Wildman–Crippen MR) is 94.0 cm³/mol. The number of rotatable bonds is 9. The van der Waals surface area contributed by atoms with Gasteiger partial charge in [0.15, 0.2) is 11.5 Å². The minimum absolute atomic E-state index is 0.561. The minimum atomic E-state index is 0.561. The summed E-state index contributed by atoms with van der Waals surface area (Å²) in [7, 11) is 0. The van der Waals surface area contributed by atoms with Crippen LogP contribution in [0.1, 0.15) is 32.3 Å². The Bertz CT molecular complexity index is 555. The summed E-state index contributed by atoms with van der Waals surface area (Å²) >= 11 is 1.83. The van der Waals surface area contributed by atoms with Crippen LogP contribution in [-0.2, 0) is 6.61 Å². The number of hydrogen-bond acceptors (Lipinski definition) is 3. The summed E-state index contributed by atoms with van der Waals surface area (Å²) in [5, 5.41) is 0. The van der Waals surface area contributed by atoms with Crippen molar-refractivity contribution >= 4 is 11.8 Å². The molecule has 0 saturated heterocycles. The van der Waals surface area contributed by atoms with Crippen molar-refractivity contribution in [2.24, 2.45) is 0 Å². The lowest BCUT2D eigenvalue weighted by Gasteiger charge is -2.16. The SMILES string of the molecule is CCCOc1c(OCc2ccccc2)cccc1SCCC. The fourth-order valence-corrected chi connectivity index (χ4v) is 2.91. The summed E-state index contributed by atoms with van der Waals surface area (Å²) in [4.78, 5) is 1.17. The molecular formula is C19H24O2S. The van der Waals surface area contributed by atoms with Crippen LogP contribution >= 0.6 is 11.8 Å². The molecule has 0 heterocycles. The van der Waals surface area contributed by atoms with Gasteiger partial charge in [0.2, 0.25) is 0 Å². The maximum atomic E-state index is 6.00. The monoisotopic (exact) mass is 316 g/mol. The first-order valence-corrected chi connectivity index (χ1v) is 8.89. The highest BCUT2D eigenvalue weighted by molar-refractivity contribution is 7.99. The summed E-state index contributed by atoms with van der Waals surface area (Å²) in [6, 6.07) is 16.4. The summed E-state index contributed by atoms with van der Waals surface area (Å²) in [5.74, 6) is 2.81. The molecule has 0 saturated carbocycles. The van der Waals surface area contributed by atoms with E-state index in [1.54, 1.807) is 0 Å². The van der Waals surface area contributed by atoms with Crippen molar-refractivity contribution < 1.29 is 9.47 Å². The van der Waals surface area contributed by atoms with E-state index in [-0.39, 0.29) is 0 Å². The lowest BCUT2D eigenvalue weighted by molar-refractivity contribution is 0.257. The molecule has 2 aromatic rings. The van der Waals surface area contributed by atoms with Crippen molar-refractivity contribution in [3.63, 3.8) is 0 Å². The Morgan fingerprint density at radius 1 is 0.864 bits per heavy atom. The Kier molecular flexibility index (Phi) is 7.17. The highest BCUT2D eigenvalue weighted by Gasteiger charge is 2.11. The Morgan fingerprint density at radius 3 is 2.41 bits per heavy atom. The second kappa shape index (κ2) is 9.42. The van der Waals surface area contributed by atoms with E-state index in [1.807, 2.05) is 42.1 Å². The Hall–Kier alpha value is -1.61. The summed E-state index contributed by atoms with van der Waals surface area (Å²) in [5.41, 5.74) is 1.16. The van der Waals surface area contributed by atoms with Gasteiger partial charge in [0.1, 0.15) is 6.61 Å². The van der Waals surface area contributed by atoms with Crippen molar-refractivity contribution in [1.29, 1.82) is 0 Å². The maximum Gasteiger partial charge on any atom is 0.174 e. The molecule has 0 amide bonds. The number of ether oxygens (including phenoxy) is 2. The molecule has 22 heavy (non-hydrogen) atoms. The highest BCUT2D eigenvalue weighted by Crippen LogP contribution is 2.38. The third kappa shape index (κ3) is 4.99. The van der Waals surface area contributed by atoms with Crippen LogP contribution in [0, 0.1) is 0 Å². The zero-order valence-corrected chi connectivity index (χ0v) is 14.2. The van der Waals surface area contributed by atoms with Gasteiger partial charge in [0.05, 0.1) is 11.5 Å². The summed E-state index contributed by atoms with van der Waals surface area (Å²) in [6.07, 6.45) is 2.14. The first kappa shape index (κ1) is 16.8. The van der Waals surface area contributed by atoms with Gasteiger partial charge in [-0.2, -0.15) is 0 Å². The molecule has 0 fully saturated rings. The topological polar surface area (TPSA) is 18.5 Å². The third-order valence-corrected chi connectivity index (χ3v) is 4.34. The Morgan fingerprint density at radius 2 is 1.68 bits per heavy atom. The number of hydrogen-bond donors (Lipinski definition) is 0. The molecule has 0 spiro atoms. The fourth-order valence-electron chi connectivity index (χ4n) is 2.02. The van der Waals surface area contributed by atoms with Crippen LogP contribution in [0.5, 0.6) is 11.5 Å². The molecule has 0 aromatic heterocycles. The molecule has 0 aliphatic rings. The van der Waals surface area contributed by atoms with Gasteiger partial charge in [0, 0.05) is 0 Å². The van der Waals surface area contributed by atoms with Crippen LogP contribution in [0.2, 0.25) is 0 Å². The minimum Gasteiger partial charge on any atom is -0.489 e. The van der Waals surface area contributed by atoms with Crippen molar-refractivity contribution in [3.8, 4) is 11.5 Å². The second-order valence-electron chi connectivity index (χ2n) is 5.05. The van der Waals surface area contributed by atoms with E-state index in [0.717, 1.165) is 35.7 Å². The van der Waals surface area contributed by atoms with E-state index in [1.165, 1.54) is 4.90 Å². The van der Waals surface area contributed by atoms with Crippen molar-refractivity contribution in [1.82, 2.24) is 0 Å². The maximum absolute atomic E-state index is 6.00. The summed E-state index contributed by atoms with van der Waals surface area (Å²) < 4.78 is 12.0. The average Bonchev–Trinajstić information content (AvgIpc) is 2.57. The average molecular weight is 316 g/mol. The molecule has 2 rings (SSSR count). The van der Waals surface area contributed by atoms with Crippen LogP contribution in [0.4, 0.5) is 0 Å². The van der Waals surface area contributed by atoms with E-state index >= 15 is 0 Å². The molecule has 0 radical (unpaired) electrons. The van der Waals surface area contributed by atoms with Gasteiger partial charge in [-0.15, -0.1) is 11.8 Å². The number of para-hydroxylation sites is 1. The molecule has 2 nitrogen and oxygen atoms in total. The molecule has 3 heteroatoms. The molecule has 0 aliphatic carbocycles.